The summed E-state index contributed by atoms with van der Waals surface area (Å²) in [5.41, 5.74) is 6.94. The van der Waals surface area contributed by atoms with Gasteiger partial charge in [0.25, 0.3) is 0 Å². The van der Waals surface area contributed by atoms with E-state index in [-0.39, 0.29) is 12.4 Å². The van der Waals surface area contributed by atoms with Crippen molar-refractivity contribution in [2.75, 3.05) is 13.1 Å². The highest BCUT2D eigenvalue weighted by molar-refractivity contribution is 7.15. The van der Waals surface area contributed by atoms with Crippen LogP contribution in [0.1, 0.15) is 10.6 Å². The molecule has 0 atom stereocenters. The lowest BCUT2D eigenvalue weighted by molar-refractivity contribution is 0.264. The highest BCUT2D eigenvalue weighted by Crippen LogP contribution is 2.20. The van der Waals surface area contributed by atoms with Gasteiger partial charge < -0.3 is 5.73 Å². The van der Waals surface area contributed by atoms with Crippen molar-refractivity contribution in [1.29, 1.82) is 0 Å². The first kappa shape index (κ1) is 16.4. The SMILES string of the molecule is Cl.NCCN(Cc1ccccc1)Cc1ncc(Cl)s1. The summed E-state index contributed by atoms with van der Waals surface area (Å²) >= 11 is 7.42. The van der Waals surface area contributed by atoms with Gasteiger partial charge in [-0.05, 0) is 5.56 Å². The molecule has 2 rings (SSSR count). The molecule has 1 heterocycles. The van der Waals surface area contributed by atoms with E-state index in [1.807, 2.05) is 6.07 Å². The third kappa shape index (κ3) is 5.47. The Morgan fingerprint density at radius 3 is 2.53 bits per heavy atom. The summed E-state index contributed by atoms with van der Waals surface area (Å²) < 4.78 is 0.734. The minimum absolute atomic E-state index is 0. The Morgan fingerprint density at radius 1 is 1.21 bits per heavy atom. The predicted octanol–water partition coefficient (Wildman–Crippen LogP) is 3.18. The van der Waals surface area contributed by atoms with Gasteiger partial charge >= 0.3 is 0 Å². The molecule has 1 aromatic heterocycles. The largest absolute Gasteiger partial charge is 0.329 e. The lowest BCUT2D eigenvalue weighted by atomic mass is 10.2. The second kappa shape index (κ2) is 8.51. The summed E-state index contributed by atoms with van der Waals surface area (Å²) in [7, 11) is 0. The number of aromatic nitrogens is 1. The van der Waals surface area contributed by atoms with E-state index in [0.717, 1.165) is 29.0 Å². The predicted molar refractivity (Wildman–Crippen MR) is 84.0 cm³/mol. The monoisotopic (exact) mass is 317 g/mol. The minimum atomic E-state index is 0. The molecule has 3 nitrogen and oxygen atoms in total. The molecular formula is C13H17Cl2N3S. The Kier molecular flexibility index (Phi) is 7.34. The molecule has 0 bridgehead atoms. The van der Waals surface area contributed by atoms with Gasteiger partial charge in [0.15, 0.2) is 0 Å². The number of hydrogen-bond donors (Lipinski definition) is 1. The molecule has 19 heavy (non-hydrogen) atoms. The Hall–Kier alpha value is -0.650. The van der Waals surface area contributed by atoms with Crippen molar-refractivity contribution in [3.63, 3.8) is 0 Å². The zero-order chi connectivity index (χ0) is 12.8. The molecule has 0 radical (unpaired) electrons. The second-order valence-electron chi connectivity index (χ2n) is 4.04. The van der Waals surface area contributed by atoms with Crippen LogP contribution in [0.15, 0.2) is 36.5 Å². The lowest BCUT2D eigenvalue weighted by Gasteiger charge is -2.20. The van der Waals surface area contributed by atoms with E-state index in [1.54, 1.807) is 6.20 Å². The van der Waals surface area contributed by atoms with Crippen LogP contribution in [-0.2, 0) is 13.1 Å². The fourth-order valence-corrected chi connectivity index (χ4v) is 2.79. The molecule has 2 aromatic rings. The van der Waals surface area contributed by atoms with Crippen molar-refractivity contribution in [3.05, 3.63) is 51.4 Å². The first-order valence-corrected chi connectivity index (χ1v) is 7.04. The normalized spacial score (nSPS) is 10.5. The van der Waals surface area contributed by atoms with E-state index in [4.69, 9.17) is 17.3 Å². The zero-order valence-electron chi connectivity index (χ0n) is 10.5. The average molecular weight is 318 g/mol. The minimum Gasteiger partial charge on any atom is -0.329 e. The maximum atomic E-state index is 5.89. The van der Waals surface area contributed by atoms with E-state index in [9.17, 15) is 0 Å². The number of rotatable bonds is 6. The number of thiazole rings is 1. The molecule has 0 aliphatic rings. The number of hydrogen-bond acceptors (Lipinski definition) is 4. The van der Waals surface area contributed by atoms with Gasteiger partial charge in [0, 0.05) is 19.6 Å². The second-order valence-corrected chi connectivity index (χ2v) is 5.79. The van der Waals surface area contributed by atoms with Crippen LogP contribution in [0.3, 0.4) is 0 Å². The fourth-order valence-electron chi connectivity index (χ4n) is 1.79. The number of nitrogens with zero attached hydrogens (tertiary/aromatic N) is 2. The molecule has 0 unspecified atom stereocenters. The van der Waals surface area contributed by atoms with E-state index in [1.165, 1.54) is 16.9 Å². The van der Waals surface area contributed by atoms with Crippen molar-refractivity contribution < 1.29 is 0 Å². The van der Waals surface area contributed by atoms with Gasteiger partial charge in [0.2, 0.25) is 0 Å². The number of nitrogens with two attached hydrogens (primary N) is 1. The average Bonchev–Trinajstić information content (AvgIpc) is 2.76. The van der Waals surface area contributed by atoms with E-state index < -0.39 is 0 Å². The van der Waals surface area contributed by atoms with Crippen LogP contribution in [0.25, 0.3) is 0 Å². The maximum absolute atomic E-state index is 5.89. The molecule has 104 valence electrons. The molecule has 2 N–H and O–H groups in total. The number of halogens is 2. The van der Waals surface area contributed by atoms with E-state index in [2.05, 4.69) is 34.1 Å². The molecule has 6 heteroatoms. The van der Waals surface area contributed by atoms with Gasteiger partial charge in [0.05, 0.1) is 12.7 Å². The van der Waals surface area contributed by atoms with E-state index >= 15 is 0 Å². The molecule has 0 aliphatic heterocycles. The van der Waals surface area contributed by atoms with Crippen molar-refractivity contribution in [3.8, 4) is 0 Å². The Balaban J connectivity index is 0.00000180. The van der Waals surface area contributed by atoms with Gasteiger partial charge in [0.1, 0.15) is 9.34 Å². The summed E-state index contributed by atoms with van der Waals surface area (Å²) in [6.07, 6.45) is 1.70. The van der Waals surface area contributed by atoms with E-state index in [0.29, 0.717) is 6.54 Å². The van der Waals surface area contributed by atoms with Crippen LogP contribution in [-0.4, -0.2) is 23.0 Å². The molecule has 0 amide bonds. The van der Waals surface area contributed by atoms with Crippen LogP contribution in [0.5, 0.6) is 0 Å². The Bertz CT molecular complexity index is 476. The Labute approximate surface area is 128 Å². The highest BCUT2D eigenvalue weighted by atomic mass is 35.5. The van der Waals surface area contributed by atoms with Gasteiger partial charge in [-0.15, -0.1) is 23.7 Å². The fraction of sp³-hybridized carbons (Fsp3) is 0.308. The standard InChI is InChI=1S/C13H16ClN3S.ClH/c14-12-8-16-13(18-12)10-17(7-6-15)9-11-4-2-1-3-5-11;/h1-5,8H,6-7,9-10,15H2;1H. The van der Waals surface area contributed by atoms with Gasteiger partial charge in [-0.3, -0.25) is 4.90 Å². The first-order valence-electron chi connectivity index (χ1n) is 5.84. The maximum Gasteiger partial charge on any atom is 0.113 e. The van der Waals surface area contributed by atoms with Crippen LogP contribution >= 0.6 is 35.3 Å². The van der Waals surface area contributed by atoms with Crippen molar-refractivity contribution in [1.82, 2.24) is 9.88 Å². The van der Waals surface area contributed by atoms with Crippen molar-refractivity contribution in [2.45, 2.75) is 13.1 Å². The van der Waals surface area contributed by atoms with Crippen LogP contribution in [0.2, 0.25) is 4.34 Å². The molecule has 1 aromatic carbocycles. The highest BCUT2D eigenvalue weighted by Gasteiger charge is 2.09. The van der Waals surface area contributed by atoms with Crippen molar-refractivity contribution >= 4 is 35.3 Å². The summed E-state index contributed by atoms with van der Waals surface area (Å²) in [6.45, 7) is 3.18. The van der Waals surface area contributed by atoms with Gasteiger partial charge in [-0.2, -0.15) is 0 Å². The van der Waals surface area contributed by atoms with Crippen LogP contribution < -0.4 is 5.73 Å². The summed E-state index contributed by atoms with van der Waals surface area (Å²) in [5, 5.41) is 1.03. The zero-order valence-corrected chi connectivity index (χ0v) is 12.8. The lowest BCUT2D eigenvalue weighted by Crippen LogP contribution is -2.28. The third-order valence-corrected chi connectivity index (χ3v) is 3.68. The van der Waals surface area contributed by atoms with Crippen molar-refractivity contribution in [2.24, 2.45) is 5.73 Å². The Morgan fingerprint density at radius 2 is 1.95 bits per heavy atom. The number of benzene rings is 1. The molecule has 0 fully saturated rings. The summed E-state index contributed by atoms with van der Waals surface area (Å²) in [5.74, 6) is 0. The molecule has 0 saturated heterocycles. The summed E-state index contributed by atoms with van der Waals surface area (Å²) in [4.78, 5) is 6.57. The topological polar surface area (TPSA) is 42.1 Å². The first-order chi connectivity index (χ1) is 8.78. The van der Waals surface area contributed by atoms with Gasteiger partial charge in [-0.1, -0.05) is 41.9 Å². The molecule has 0 saturated carbocycles. The molecular weight excluding hydrogens is 301 g/mol. The van der Waals surface area contributed by atoms with Crippen LogP contribution in [0.4, 0.5) is 0 Å². The molecule has 0 aliphatic carbocycles. The summed E-state index contributed by atoms with van der Waals surface area (Å²) in [6, 6.07) is 10.4. The molecule has 0 spiro atoms. The third-order valence-electron chi connectivity index (χ3n) is 2.58. The smallest absolute Gasteiger partial charge is 0.113 e. The quantitative estimate of drug-likeness (QED) is 0.889. The van der Waals surface area contributed by atoms with Crippen LogP contribution in [0, 0.1) is 0 Å². The van der Waals surface area contributed by atoms with Gasteiger partial charge in [-0.25, -0.2) is 4.98 Å².